The molecule has 0 unspecified atom stereocenters. The summed E-state index contributed by atoms with van der Waals surface area (Å²) >= 11 is 0. The fraction of sp³-hybridized carbons (Fsp3) is 0.522. The first kappa shape index (κ1) is 24.1. The molecule has 1 saturated heterocycles. The lowest BCUT2D eigenvalue weighted by molar-refractivity contribution is -0.123. The van der Waals surface area contributed by atoms with Crippen LogP contribution in [0, 0.1) is 17.2 Å². The number of nitrogens with zero attached hydrogens (tertiary/aromatic N) is 7. The smallest absolute Gasteiger partial charge is 0.346 e. The molecule has 0 radical (unpaired) electrons. The molecule has 0 spiro atoms. The van der Waals surface area contributed by atoms with Gasteiger partial charge < -0.3 is 15.2 Å². The van der Waals surface area contributed by atoms with Gasteiger partial charge in [0.2, 0.25) is 0 Å². The largest absolute Gasteiger partial charge is 0.405 e. The highest BCUT2D eigenvalue weighted by Gasteiger charge is 2.47. The maximum atomic E-state index is 12.3. The SMILES string of the molecule is N#CCC1(n2cc(-c3ncnc4[nH]ccc34)cn2)CC(CN2CCN(C(=O)NCC(F)(F)F)CC2)C1. The zero-order valence-corrected chi connectivity index (χ0v) is 19.5. The molecule has 0 bridgehead atoms. The van der Waals surface area contributed by atoms with Gasteiger partial charge in [0.1, 0.15) is 18.5 Å². The van der Waals surface area contributed by atoms with Gasteiger partial charge in [-0.2, -0.15) is 23.5 Å². The van der Waals surface area contributed by atoms with Crippen LogP contribution in [0.4, 0.5) is 18.0 Å². The molecule has 2 aliphatic rings. The highest BCUT2D eigenvalue weighted by Crippen LogP contribution is 2.47. The molecular formula is C23H26F3N9O. The monoisotopic (exact) mass is 501 g/mol. The molecule has 13 heteroatoms. The summed E-state index contributed by atoms with van der Waals surface area (Å²) in [4.78, 5) is 27.3. The Bertz CT molecular complexity index is 1260. The number of halogens is 3. The van der Waals surface area contributed by atoms with Crippen molar-refractivity contribution in [2.75, 3.05) is 39.3 Å². The first-order valence-corrected chi connectivity index (χ1v) is 11.8. The minimum atomic E-state index is -4.42. The quantitative estimate of drug-likeness (QED) is 0.536. The van der Waals surface area contributed by atoms with Crippen molar-refractivity contribution in [1.29, 1.82) is 5.26 Å². The number of hydrogen-bond donors (Lipinski definition) is 2. The fourth-order valence-corrected chi connectivity index (χ4v) is 5.30. The van der Waals surface area contributed by atoms with Crippen LogP contribution < -0.4 is 5.32 Å². The molecule has 2 fully saturated rings. The average molecular weight is 502 g/mol. The van der Waals surface area contributed by atoms with Crippen LogP contribution in [0.25, 0.3) is 22.3 Å². The van der Waals surface area contributed by atoms with Crippen LogP contribution in [0.2, 0.25) is 0 Å². The van der Waals surface area contributed by atoms with Crippen molar-refractivity contribution in [1.82, 2.24) is 39.8 Å². The van der Waals surface area contributed by atoms with E-state index in [0.29, 0.717) is 38.5 Å². The Kier molecular flexibility index (Phi) is 6.29. The number of alkyl halides is 3. The first-order valence-electron chi connectivity index (χ1n) is 11.8. The second-order valence-corrected chi connectivity index (χ2v) is 9.53. The van der Waals surface area contributed by atoms with E-state index >= 15 is 0 Å². The van der Waals surface area contributed by atoms with E-state index in [2.05, 4.69) is 31.0 Å². The third kappa shape index (κ3) is 4.86. The number of hydrogen-bond acceptors (Lipinski definition) is 6. The second-order valence-electron chi connectivity index (χ2n) is 9.53. The number of carbonyl (C=O) groups is 1. The standard InChI is InChI=1S/C23H26F3N9O/c24-23(25,26)14-29-21(36)34-7-5-33(6-8-34)12-16-9-22(10-16,2-3-27)35-13-17(11-32-35)19-18-1-4-28-20(18)31-15-30-19/h1,4,11,13,15-16H,2,5-10,12,14H2,(H,29,36)(H,28,30,31). The van der Waals surface area contributed by atoms with Crippen molar-refractivity contribution < 1.29 is 18.0 Å². The van der Waals surface area contributed by atoms with E-state index in [1.807, 2.05) is 28.5 Å². The minimum Gasteiger partial charge on any atom is -0.346 e. The summed E-state index contributed by atoms with van der Waals surface area (Å²) < 4.78 is 38.9. The molecule has 10 nitrogen and oxygen atoms in total. The van der Waals surface area contributed by atoms with Crippen molar-refractivity contribution in [2.45, 2.75) is 31.0 Å². The molecular weight excluding hydrogens is 475 g/mol. The normalized spacial score (nSPS) is 22.8. The van der Waals surface area contributed by atoms with Gasteiger partial charge in [0.15, 0.2) is 0 Å². The molecule has 2 amide bonds. The van der Waals surface area contributed by atoms with Crippen LogP contribution in [0.5, 0.6) is 0 Å². The molecule has 2 N–H and O–H groups in total. The van der Waals surface area contributed by atoms with E-state index < -0.39 is 18.8 Å². The van der Waals surface area contributed by atoms with Gasteiger partial charge in [-0.05, 0) is 24.8 Å². The Balaban J connectivity index is 1.17. The summed E-state index contributed by atoms with van der Waals surface area (Å²) in [5, 5.41) is 16.9. The Morgan fingerprint density at radius 3 is 2.75 bits per heavy atom. The number of urea groups is 1. The Hall–Kier alpha value is -3.66. The predicted molar refractivity (Wildman–Crippen MR) is 124 cm³/mol. The number of aromatic amines is 1. The topological polar surface area (TPSA) is 119 Å². The zero-order valence-electron chi connectivity index (χ0n) is 19.5. The molecule has 0 atom stereocenters. The average Bonchev–Trinajstić information content (AvgIpc) is 3.51. The number of nitriles is 1. The van der Waals surface area contributed by atoms with Crippen LogP contribution in [0.15, 0.2) is 31.0 Å². The number of piperazine rings is 1. The number of nitrogens with one attached hydrogen (secondary N) is 2. The van der Waals surface area contributed by atoms with Crippen molar-refractivity contribution in [3.8, 4) is 17.3 Å². The Morgan fingerprint density at radius 1 is 1.25 bits per heavy atom. The van der Waals surface area contributed by atoms with E-state index in [1.54, 1.807) is 6.20 Å². The maximum absolute atomic E-state index is 12.3. The molecule has 4 heterocycles. The molecule has 5 rings (SSSR count). The van der Waals surface area contributed by atoms with Gasteiger partial charge >= 0.3 is 12.2 Å². The van der Waals surface area contributed by atoms with Gasteiger partial charge in [-0.25, -0.2) is 14.8 Å². The highest BCUT2D eigenvalue weighted by atomic mass is 19.4. The van der Waals surface area contributed by atoms with E-state index in [9.17, 15) is 23.2 Å². The lowest BCUT2D eigenvalue weighted by Crippen LogP contribution is -2.55. The van der Waals surface area contributed by atoms with Gasteiger partial charge in [0.25, 0.3) is 0 Å². The molecule has 1 saturated carbocycles. The summed E-state index contributed by atoms with van der Waals surface area (Å²) in [6.45, 7) is 1.47. The summed E-state index contributed by atoms with van der Waals surface area (Å²) in [7, 11) is 0. The molecule has 1 aliphatic heterocycles. The molecule has 3 aromatic rings. The van der Waals surface area contributed by atoms with Gasteiger partial charge in [-0.3, -0.25) is 9.58 Å². The van der Waals surface area contributed by atoms with Crippen molar-refractivity contribution in [2.24, 2.45) is 5.92 Å². The Labute approximate surface area is 205 Å². The molecule has 190 valence electrons. The van der Waals surface area contributed by atoms with Crippen LogP contribution in [0.1, 0.15) is 19.3 Å². The lowest BCUT2D eigenvalue weighted by Gasteiger charge is -2.48. The first-order chi connectivity index (χ1) is 17.3. The number of fused-ring (bicyclic) bond motifs is 1. The minimum absolute atomic E-state index is 0.348. The third-order valence-electron chi connectivity index (χ3n) is 7.06. The van der Waals surface area contributed by atoms with Crippen molar-refractivity contribution in [3.63, 3.8) is 0 Å². The van der Waals surface area contributed by atoms with Crippen LogP contribution >= 0.6 is 0 Å². The summed E-state index contributed by atoms with van der Waals surface area (Å²) in [5.41, 5.74) is 2.03. The number of rotatable bonds is 6. The van der Waals surface area contributed by atoms with Crippen LogP contribution in [0.3, 0.4) is 0 Å². The molecule has 1 aliphatic carbocycles. The zero-order chi connectivity index (χ0) is 25.3. The number of aromatic nitrogens is 5. The third-order valence-corrected chi connectivity index (χ3v) is 7.06. The number of H-pyrrole nitrogens is 1. The molecule has 0 aromatic carbocycles. The van der Waals surface area contributed by atoms with Crippen LogP contribution in [-0.4, -0.2) is 86.0 Å². The maximum Gasteiger partial charge on any atom is 0.405 e. The van der Waals surface area contributed by atoms with E-state index in [0.717, 1.165) is 41.7 Å². The van der Waals surface area contributed by atoms with Gasteiger partial charge in [0, 0.05) is 56.1 Å². The number of carbonyl (C=O) groups excluding carboxylic acids is 1. The van der Waals surface area contributed by atoms with Crippen molar-refractivity contribution in [3.05, 3.63) is 31.0 Å². The van der Waals surface area contributed by atoms with E-state index in [1.165, 1.54) is 11.2 Å². The molecule has 36 heavy (non-hydrogen) atoms. The van der Waals surface area contributed by atoms with E-state index in [-0.39, 0.29) is 5.54 Å². The van der Waals surface area contributed by atoms with E-state index in [4.69, 9.17) is 0 Å². The van der Waals surface area contributed by atoms with Crippen LogP contribution in [-0.2, 0) is 5.54 Å². The predicted octanol–water partition coefficient (Wildman–Crippen LogP) is 2.73. The summed E-state index contributed by atoms with van der Waals surface area (Å²) in [5.74, 6) is 0.368. The summed E-state index contributed by atoms with van der Waals surface area (Å²) in [6, 6.07) is 3.55. The second kappa shape index (κ2) is 9.42. The number of amides is 2. The molecule has 3 aromatic heterocycles. The van der Waals surface area contributed by atoms with Crippen molar-refractivity contribution >= 4 is 17.1 Å². The lowest BCUT2D eigenvalue weighted by atomic mass is 9.66. The highest BCUT2D eigenvalue weighted by molar-refractivity contribution is 5.90. The Morgan fingerprint density at radius 2 is 2.03 bits per heavy atom. The fourth-order valence-electron chi connectivity index (χ4n) is 5.30. The summed E-state index contributed by atoms with van der Waals surface area (Å²) in [6.07, 6.45) is 4.57. The van der Waals surface area contributed by atoms with Gasteiger partial charge in [-0.15, -0.1) is 0 Å². The van der Waals surface area contributed by atoms with Gasteiger partial charge in [0.05, 0.1) is 29.9 Å². The van der Waals surface area contributed by atoms with Gasteiger partial charge in [-0.1, -0.05) is 0 Å².